The molecule has 1 aromatic rings. The molecule has 0 heterocycles. The minimum atomic E-state index is -1.40. The summed E-state index contributed by atoms with van der Waals surface area (Å²) in [7, 11) is 0. The highest BCUT2D eigenvalue weighted by atomic mass is 19.1. The van der Waals surface area contributed by atoms with Crippen molar-refractivity contribution in [1.29, 1.82) is 0 Å². The molecule has 1 unspecified atom stereocenters. The second-order valence-corrected chi connectivity index (χ2v) is 2.92. The maximum Gasteiger partial charge on any atom is 0.325 e. The van der Waals surface area contributed by atoms with Crippen molar-refractivity contribution in [2.75, 3.05) is 0 Å². The van der Waals surface area contributed by atoms with Crippen LogP contribution in [0.5, 0.6) is 0 Å². The van der Waals surface area contributed by atoms with E-state index in [-0.39, 0.29) is 11.1 Å². The van der Waals surface area contributed by atoms with Crippen molar-refractivity contribution < 1.29 is 18.7 Å². The first-order valence-corrected chi connectivity index (χ1v) is 3.87. The average Bonchev–Trinajstić information content (AvgIpc) is 2.09. The molecular weight excluding hydrogens is 192 g/mol. The molecule has 0 saturated carbocycles. The lowest BCUT2D eigenvalue weighted by molar-refractivity contribution is -0.138. The Kier molecular flexibility index (Phi) is 2.81. The van der Waals surface area contributed by atoms with Crippen LogP contribution >= 0.6 is 0 Å². The number of benzene rings is 1. The Morgan fingerprint density at radius 1 is 1.50 bits per heavy atom. The number of carboxylic acids is 1. The second-order valence-electron chi connectivity index (χ2n) is 2.92. The van der Waals surface area contributed by atoms with Crippen molar-refractivity contribution in [2.45, 2.75) is 13.0 Å². The van der Waals surface area contributed by atoms with E-state index in [4.69, 9.17) is 10.8 Å². The van der Waals surface area contributed by atoms with E-state index >= 15 is 0 Å². The average molecular weight is 201 g/mol. The molecule has 0 radical (unpaired) electrons. The standard InChI is InChI=1S/C9H9F2NO2/c1-4-6(8(12)9(13)14)2-5(10)3-7(4)11/h2-3,8H,12H2,1H3,(H,13,14). The van der Waals surface area contributed by atoms with Crippen LogP contribution in [0.1, 0.15) is 17.2 Å². The van der Waals surface area contributed by atoms with Gasteiger partial charge in [-0.1, -0.05) is 0 Å². The quantitative estimate of drug-likeness (QED) is 0.759. The van der Waals surface area contributed by atoms with Gasteiger partial charge in [-0.15, -0.1) is 0 Å². The van der Waals surface area contributed by atoms with Crippen molar-refractivity contribution in [3.8, 4) is 0 Å². The molecule has 3 nitrogen and oxygen atoms in total. The van der Waals surface area contributed by atoms with Crippen LogP contribution in [0.2, 0.25) is 0 Å². The first-order chi connectivity index (χ1) is 6.43. The van der Waals surface area contributed by atoms with Gasteiger partial charge in [-0.25, -0.2) is 8.78 Å². The van der Waals surface area contributed by atoms with E-state index in [1.54, 1.807) is 0 Å². The van der Waals surface area contributed by atoms with Gasteiger partial charge in [0.15, 0.2) is 0 Å². The number of hydrogen-bond donors (Lipinski definition) is 2. The summed E-state index contributed by atoms with van der Waals surface area (Å²) >= 11 is 0. The lowest BCUT2D eigenvalue weighted by Crippen LogP contribution is -2.22. The Labute approximate surface area is 79.2 Å². The van der Waals surface area contributed by atoms with E-state index < -0.39 is 23.6 Å². The highest BCUT2D eigenvalue weighted by Gasteiger charge is 2.19. The highest BCUT2D eigenvalue weighted by Crippen LogP contribution is 2.20. The van der Waals surface area contributed by atoms with Crippen LogP contribution < -0.4 is 5.73 Å². The Morgan fingerprint density at radius 3 is 2.57 bits per heavy atom. The number of halogens is 2. The number of carboxylic acid groups (broad SMARTS) is 1. The van der Waals surface area contributed by atoms with E-state index in [0.717, 1.165) is 6.07 Å². The summed E-state index contributed by atoms with van der Waals surface area (Å²) in [4.78, 5) is 10.5. The van der Waals surface area contributed by atoms with Crippen LogP contribution in [0, 0.1) is 18.6 Å². The molecule has 0 aromatic heterocycles. The smallest absolute Gasteiger partial charge is 0.325 e. The number of carbonyl (C=O) groups is 1. The predicted molar refractivity (Wildman–Crippen MR) is 45.7 cm³/mol. The summed E-state index contributed by atoms with van der Waals surface area (Å²) in [5, 5.41) is 8.57. The third kappa shape index (κ3) is 1.88. The van der Waals surface area contributed by atoms with Crippen molar-refractivity contribution in [1.82, 2.24) is 0 Å². The molecule has 1 rings (SSSR count). The molecule has 0 bridgehead atoms. The third-order valence-corrected chi connectivity index (χ3v) is 1.95. The maximum atomic E-state index is 13.0. The Hall–Kier alpha value is -1.49. The zero-order valence-electron chi connectivity index (χ0n) is 7.42. The monoisotopic (exact) mass is 201 g/mol. The number of nitrogens with two attached hydrogens (primary N) is 1. The van der Waals surface area contributed by atoms with Crippen molar-refractivity contribution in [2.24, 2.45) is 5.73 Å². The molecule has 0 fully saturated rings. The second kappa shape index (κ2) is 3.71. The summed E-state index contributed by atoms with van der Waals surface area (Å²) in [5.41, 5.74) is 5.25. The summed E-state index contributed by atoms with van der Waals surface area (Å²) in [5.74, 6) is -2.95. The molecule has 0 aliphatic heterocycles. The largest absolute Gasteiger partial charge is 0.480 e. The lowest BCUT2D eigenvalue weighted by atomic mass is 10.0. The molecule has 14 heavy (non-hydrogen) atoms. The van der Waals surface area contributed by atoms with Gasteiger partial charge in [-0.05, 0) is 24.1 Å². The normalized spacial score (nSPS) is 12.6. The van der Waals surface area contributed by atoms with Gasteiger partial charge in [0, 0.05) is 6.07 Å². The van der Waals surface area contributed by atoms with Crippen LogP contribution in [0.4, 0.5) is 8.78 Å². The fraction of sp³-hybridized carbons (Fsp3) is 0.222. The molecule has 1 atom stereocenters. The van der Waals surface area contributed by atoms with Gasteiger partial charge in [-0.3, -0.25) is 4.79 Å². The molecule has 5 heteroatoms. The first kappa shape index (κ1) is 10.6. The summed E-state index contributed by atoms with van der Waals surface area (Å²) < 4.78 is 25.7. The molecular formula is C9H9F2NO2. The van der Waals surface area contributed by atoms with Crippen LogP contribution in [0.15, 0.2) is 12.1 Å². The summed E-state index contributed by atoms with van der Waals surface area (Å²) in [6, 6.07) is 0.213. The Bertz CT molecular complexity index is 379. The van der Waals surface area contributed by atoms with E-state index in [1.807, 2.05) is 0 Å². The van der Waals surface area contributed by atoms with E-state index in [0.29, 0.717) is 6.07 Å². The number of hydrogen-bond acceptors (Lipinski definition) is 2. The summed E-state index contributed by atoms with van der Waals surface area (Å²) in [6.07, 6.45) is 0. The van der Waals surface area contributed by atoms with Crippen molar-refractivity contribution in [3.05, 3.63) is 34.9 Å². The molecule has 0 aliphatic rings. The summed E-state index contributed by atoms with van der Waals surface area (Å²) in [6.45, 7) is 1.35. The van der Waals surface area contributed by atoms with Gasteiger partial charge in [0.1, 0.15) is 17.7 Å². The molecule has 0 saturated heterocycles. The van der Waals surface area contributed by atoms with Gasteiger partial charge >= 0.3 is 5.97 Å². The topological polar surface area (TPSA) is 63.3 Å². The lowest BCUT2D eigenvalue weighted by Gasteiger charge is -2.10. The molecule has 0 amide bonds. The first-order valence-electron chi connectivity index (χ1n) is 3.87. The molecule has 76 valence electrons. The minimum absolute atomic E-state index is 0.0463. The number of aliphatic carboxylic acids is 1. The molecule has 0 spiro atoms. The predicted octanol–water partition coefficient (Wildman–Crippen LogP) is 1.36. The zero-order chi connectivity index (χ0) is 10.9. The Morgan fingerprint density at radius 2 is 2.07 bits per heavy atom. The van der Waals surface area contributed by atoms with Gasteiger partial charge < -0.3 is 10.8 Å². The van der Waals surface area contributed by atoms with Gasteiger partial charge in [-0.2, -0.15) is 0 Å². The van der Waals surface area contributed by atoms with Gasteiger partial charge in [0.2, 0.25) is 0 Å². The van der Waals surface area contributed by atoms with Crippen LogP contribution in [0.3, 0.4) is 0 Å². The van der Waals surface area contributed by atoms with Gasteiger partial charge in [0.25, 0.3) is 0 Å². The zero-order valence-corrected chi connectivity index (χ0v) is 7.42. The molecule has 1 aromatic carbocycles. The van der Waals surface area contributed by atoms with Gasteiger partial charge in [0.05, 0.1) is 0 Å². The maximum absolute atomic E-state index is 13.0. The fourth-order valence-electron chi connectivity index (χ4n) is 1.12. The van der Waals surface area contributed by atoms with Crippen LogP contribution in [-0.4, -0.2) is 11.1 Å². The van der Waals surface area contributed by atoms with Crippen molar-refractivity contribution in [3.63, 3.8) is 0 Å². The molecule has 0 aliphatic carbocycles. The molecule has 3 N–H and O–H groups in total. The Balaban J connectivity index is 3.26. The van der Waals surface area contributed by atoms with Crippen molar-refractivity contribution >= 4 is 5.97 Å². The van der Waals surface area contributed by atoms with E-state index in [2.05, 4.69) is 0 Å². The van der Waals surface area contributed by atoms with E-state index in [9.17, 15) is 13.6 Å². The fourth-order valence-corrected chi connectivity index (χ4v) is 1.12. The number of rotatable bonds is 2. The minimum Gasteiger partial charge on any atom is -0.480 e. The van der Waals surface area contributed by atoms with Crippen LogP contribution in [0.25, 0.3) is 0 Å². The third-order valence-electron chi connectivity index (χ3n) is 1.95. The highest BCUT2D eigenvalue weighted by molar-refractivity contribution is 5.75. The SMILES string of the molecule is Cc1c(F)cc(F)cc1C(N)C(=O)O. The van der Waals surface area contributed by atoms with E-state index in [1.165, 1.54) is 6.92 Å². The van der Waals surface area contributed by atoms with Crippen LogP contribution in [-0.2, 0) is 4.79 Å².